The number of unbranched alkanes of at least 4 members (excludes halogenated alkanes) is 2. The smallest absolute Gasteiger partial charge is 0.409 e. The Morgan fingerprint density at radius 3 is 2.77 bits per heavy atom. The van der Waals surface area contributed by atoms with E-state index in [2.05, 4.69) is 22.2 Å². The van der Waals surface area contributed by atoms with Crippen LogP contribution in [0.1, 0.15) is 48.3 Å². The summed E-state index contributed by atoms with van der Waals surface area (Å²) in [6.45, 7) is 2.61. The zero-order chi connectivity index (χ0) is 21.1. The number of nitrogens with one attached hydrogen (secondary N) is 1. The van der Waals surface area contributed by atoms with Crippen LogP contribution in [0.4, 0.5) is 10.6 Å². The van der Waals surface area contributed by atoms with E-state index in [-0.39, 0.29) is 5.91 Å². The molecule has 1 N–H and O–H groups in total. The summed E-state index contributed by atoms with van der Waals surface area (Å²) < 4.78 is 5.66. The number of aromatic nitrogens is 2. The first-order valence-electron chi connectivity index (χ1n) is 9.88. The van der Waals surface area contributed by atoms with E-state index in [1.54, 1.807) is 48.5 Å². The number of carbonyl (C=O) groups excluding carboxylic acids is 2. The van der Waals surface area contributed by atoms with E-state index < -0.39 is 12.3 Å². The van der Waals surface area contributed by atoms with Crippen molar-refractivity contribution in [2.24, 2.45) is 0 Å². The van der Waals surface area contributed by atoms with E-state index in [0.717, 1.165) is 24.6 Å². The van der Waals surface area contributed by atoms with Gasteiger partial charge in [0.25, 0.3) is 5.91 Å². The molecule has 4 rings (SSSR count). The van der Waals surface area contributed by atoms with E-state index in [9.17, 15) is 9.59 Å². The zero-order valence-corrected chi connectivity index (χ0v) is 17.2. The minimum atomic E-state index is -0.913. The van der Waals surface area contributed by atoms with Gasteiger partial charge >= 0.3 is 6.09 Å². The highest BCUT2D eigenvalue weighted by Crippen LogP contribution is 2.38. The van der Waals surface area contributed by atoms with Crippen LogP contribution >= 0.6 is 11.6 Å². The van der Waals surface area contributed by atoms with Crippen LogP contribution in [0, 0.1) is 0 Å². The van der Waals surface area contributed by atoms with E-state index in [0.29, 0.717) is 34.3 Å². The maximum Gasteiger partial charge on any atom is 0.409 e. The first kappa shape index (κ1) is 20.1. The number of carbonyl (C=O) groups is 2. The monoisotopic (exact) mass is 424 g/mol. The molecule has 1 aliphatic heterocycles. The highest BCUT2D eigenvalue weighted by molar-refractivity contribution is 6.29. The predicted octanol–water partition coefficient (Wildman–Crippen LogP) is 4.86. The molecule has 30 heavy (non-hydrogen) atoms. The van der Waals surface area contributed by atoms with Crippen molar-refractivity contribution >= 4 is 40.5 Å². The number of amides is 2. The number of pyridine rings is 2. The molecule has 0 saturated carbocycles. The second-order valence-corrected chi connectivity index (χ2v) is 7.39. The van der Waals surface area contributed by atoms with Crippen LogP contribution in [0.15, 0.2) is 48.5 Å². The molecule has 3 aromatic rings. The van der Waals surface area contributed by atoms with Crippen LogP contribution < -0.4 is 10.2 Å². The number of alkyl carbamates (subject to hydrolysis) is 1. The Hall–Kier alpha value is -3.19. The number of anilines is 1. The Kier molecular flexibility index (Phi) is 5.81. The van der Waals surface area contributed by atoms with Crippen molar-refractivity contribution in [2.45, 2.75) is 32.4 Å². The molecule has 0 radical (unpaired) electrons. The fourth-order valence-corrected chi connectivity index (χ4v) is 3.57. The fraction of sp³-hybridized carbons (Fsp3) is 0.273. The predicted molar refractivity (Wildman–Crippen MR) is 115 cm³/mol. The molecule has 8 heteroatoms. The van der Waals surface area contributed by atoms with E-state index >= 15 is 0 Å². The third kappa shape index (κ3) is 3.93. The summed E-state index contributed by atoms with van der Waals surface area (Å²) in [5.41, 5.74) is 1.50. The summed E-state index contributed by atoms with van der Waals surface area (Å²) in [7, 11) is 0. The number of rotatable bonds is 6. The van der Waals surface area contributed by atoms with Gasteiger partial charge in [-0.25, -0.2) is 14.8 Å². The zero-order valence-electron chi connectivity index (χ0n) is 16.5. The summed E-state index contributed by atoms with van der Waals surface area (Å²) in [5, 5.41) is 3.85. The van der Waals surface area contributed by atoms with Gasteiger partial charge in [0.05, 0.1) is 0 Å². The van der Waals surface area contributed by atoms with Gasteiger partial charge in [-0.3, -0.25) is 9.69 Å². The Labute approximate surface area is 179 Å². The van der Waals surface area contributed by atoms with Crippen molar-refractivity contribution in [3.8, 4) is 0 Å². The molecule has 1 aliphatic rings. The molecule has 0 bridgehead atoms. The number of fused-ring (bicyclic) bond motifs is 2. The lowest BCUT2D eigenvalue weighted by Gasteiger charge is -2.24. The van der Waals surface area contributed by atoms with Gasteiger partial charge in [-0.05, 0) is 36.8 Å². The molecule has 7 nitrogen and oxygen atoms in total. The molecular weight excluding hydrogens is 404 g/mol. The average Bonchev–Trinajstić information content (AvgIpc) is 3.02. The quantitative estimate of drug-likeness (QED) is 0.451. The number of benzene rings is 1. The number of hydrogen-bond acceptors (Lipinski definition) is 5. The van der Waals surface area contributed by atoms with Gasteiger partial charge in [-0.15, -0.1) is 0 Å². The Morgan fingerprint density at radius 1 is 1.13 bits per heavy atom. The molecule has 0 spiro atoms. The standard InChI is InChI=1S/C22H21ClN4O3/c1-2-3-6-13-24-22(29)30-21-16-8-5-4-7-15(16)20(28)27(21)18-12-10-14-9-11-17(23)25-19(14)26-18/h4-5,7-12,21H,2-3,6,13H2,1H3,(H,24,29). The van der Waals surface area contributed by atoms with Crippen molar-refractivity contribution in [1.82, 2.24) is 15.3 Å². The van der Waals surface area contributed by atoms with E-state index in [1.165, 1.54) is 4.90 Å². The molecule has 1 atom stereocenters. The second kappa shape index (κ2) is 8.67. The first-order valence-corrected chi connectivity index (χ1v) is 10.3. The van der Waals surface area contributed by atoms with Crippen LogP contribution in [0.5, 0.6) is 0 Å². The van der Waals surface area contributed by atoms with Crippen LogP contribution in [0.25, 0.3) is 11.0 Å². The molecule has 1 aromatic carbocycles. The van der Waals surface area contributed by atoms with Crippen molar-refractivity contribution in [2.75, 3.05) is 11.4 Å². The molecular formula is C22H21ClN4O3. The lowest BCUT2D eigenvalue weighted by Crippen LogP contribution is -2.35. The third-order valence-electron chi connectivity index (χ3n) is 4.93. The van der Waals surface area contributed by atoms with Crippen LogP contribution in [0.2, 0.25) is 5.15 Å². The van der Waals surface area contributed by atoms with Crippen molar-refractivity contribution < 1.29 is 14.3 Å². The Morgan fingerprint density at radius 2 is 1.93 bits per heavy atom. The number of ether oxygens (including phenoxy) is 1. The SMILES string of the molecule is CCCCCNC(=O)OC1c2ccccc2C(=O)N1c1ccc2ccc(Cl)nc2n1. The summed E-state index contributed by atoms with van der Waals surface area (Å²) in [5.74, 6) is 0.0468. The summed E-state index contributed by atoms with van der Waals surface area (Å²) in [6.07, 6.45) is 1.46. The Bertz CT molecular complexity index is 1100. The molecule has 3 heterocycles. The fourth-order valence-electron chi connectivity index (χ4n) is 3.43. The van der Waals surface area contributed by atoms with Gasteiger partial charge in [-0.1, -0.05) is 49.6 Å². The van der Waals surface area contributed by atoms with Crippen molar-refractivity contribution in [1.29, 1.82) is 0 Å². The molecule has 0 saturated heterocycles. The maximum absolute atomic E-state index is 13.1. The normalized spacial score (nSPS) is 15.3. The van der Waals surface area contributed by atoms with Gasteiger partial charge in [0.15, 0.2) is 5.65 Å². The molecule has 1 unspecified atom stereocenters. The molecule has 154 valence electrons. The van der Waals surface area contributed by atoms with Crippen LogP contribution in [0.3, 0.4) is 0 Å². The maximum atomic E-state index is 13.1. The van der Waals surface area contributed by atoms with Crippen LogP contribution in [-0.4, -0.2) is 28.5 Å². The number of nitrogens with zero attached hydrogens (tertiary/aromatic N) is 3. The minimum absolute atomic E-state index is 0.289. The summed E-state index contributed by atoms with van der Waals surface area (Å²) >= 11 is 5.99. The largest absolute Gasteiger partial charge is 0.420 e. The highest BCUT2D eigenvalue weighted by Gasteiger charge is 2.41. The Balaban J connectivity index is 1.65. The van der Waals surface area contributed by atoms with Gasteiger partial charge in [-0.2, -0.15) is 0 Å². The molecule has 2 aromatic heterocycles. The third-order valence-corrected chi connectivity index (χ3v) is 5.14. The molecule has 2 amide bonds. The van der Waals surface area contributed by atoms with Crippen molar-refractivity contribution in [3.05, 3.63) is 64.8 Å². The topological polar surface area (TPSA) is 84.4 Å². The first-order chi connectivity index (χ1) is 14.6. The minimum Gasteiger partial charge on any atom is -0.420 e. The van der Waals surface area contributed by atoms with Gasteiger partial charge in [0, 0.05) is 23.1 Å². The van der Waals surface area contributed by atoms with Gasteiger partial charge in [0.1, 0.15) is 11.0 Å². The van der Waals surface area contributed by atoms with E-state index in [1.807, 2.05) is 0 Å². The average molecular weight is 425 g/mol. The van der Waals surface area contributed by atoms with Crippen LogP contribution in [-0.2, 0) is 4.74 Å². The number of hydrogen-bond donors (Lipinski definition) is 1. The van der Waals surface area contributed by atoms with Gasteiger partial charge < -0.3 is 10.1 Å². The number of halogens is 1. The molecule has 0 aliphatic carbocycles. The second-order valence-electron chi connectivity index (χ2n) is 7.00. The lowest BCUT2D eigenvalue weighted by atomic mass is 10.1. The lowest BCUT2D eigenvalue weighted by molar-refractivity contribution is 0.0831. The summed E-state index contributed by atoms with van der Waals surface area (Å²) in [6, 6.07) is 14.1. The van der Waals surface area contributed by atoms with Gasteiger partial charge in [0.2, 0.25) is 6.23 Å². The molecule has 0 fully saturated rings. The summed E-state index contributed by atoms with van der Waals surface area (Å²) in [4.78, 5) is 35.6. The van der Waals surface area contributed by atoms with E-state index in [4.69, 9.17) is 16.3 Å². The highest BCUT2D eigenvalue weighted by atomic mass is 35.5. The van der Waals surface area contributed by atoms with Crippen molar-refractivity contribution in [3.63, 3.8) is 0 Å².